The van der Waals surface area contributed by atoms with Gasteiger partial charge in [0.25, 0.3) is 0 Å². The van der Waals surface area contributed by atoms with E-state index < -0.39 is 5.60 Å². The van der Waals surface area contributed by atoms with Gasteiger partial charge in [-0.25, -0.2) is 9.79 Å². The van der Waals surface area contributed by atoms with Crippen LogP contribution in [0.2, 0.25) is 0 Å². The van der Waals surface area contributed by atoms with Crippen molar-refractivity contribution in [3.8, 4) is 11.8 Å². The summed E-state index contributed by atoms with van der Waals surface area (Å²) >= 11 is 0. The van der Waals surface area contributed by atoms with Crippen molar-refractivity contribution in [3.63, 3.8) is 0 Å². The molecule has 1 amide bonds. The van der Waals surface area contributed by atoms with Gasteiger partial charge in [0.2, 0.25) is 0 Å². The lowest BCUT2D eigenvalue weighted by molar-refractivity contribution is 0.0195. The molecule has 28 heavy (non-hydrogen) atoms. The third-order valence-electron chi connectivity index (χ3n) is 4.50. The van der Waals surface area contributed by atoms with E-state index in [1.807, 2.05) is 51.9 Å². The molecule has 1 atom stereocenters. The van der Waals surface area contributed by atoms with Gasteiger partial charge in [-0.15, -0.1) is 0 Å². The number of anilines is 1. The lowest BCUT2D eigenvalue weighted by Gasteiger charge is -2.45. The van der Waals surface area contributed by atoms with Gasteiger partial charge >= 0.3 is 6.09 Å². The Morgan fingerprint density at radius 3 is 2.79 bits per heavy atom. The average Bonchev–Trinajstić information content (AvgIpc) is 2.63. The van der Waals surface area contributed by atoms with Crippen LogP contribution in [0.3, 0.4) is 0 Å². The number of nitrogens with zero attached hydrogens (tertiary/aromatic N) is 5. The number of fused-ring (bicyclic) bond motifs is 3. The van der Waals surface area contributed by atoms with Gasteiger partial charge in [0.05, 0.1) is 29.3 Å². The second kappa shape index (κ2) is 7.58. The van der Waals surface area contributed by atoms with Crippen molar-refractivity contribution in [2.75, 3.05) is 45.2 Å². The van der Waals surface area contributed by atoms with Gasteiger partial charge in [0.15, 0.2) is 0 Å². The van der Waals surface area contributed by atoms with E-state index in [0.29, 0.717) is 43.2 Å². The number of piperazine rings is 1. The molecule has 0 radical (unpaired) electrons. The standard InChI is InChI=1S/C20H27N5O3/c1-20(2,3)28-19(26)24-6-7-25-15(11-24)12-27-18-9-16(22-13-23(4)5)14(10-21)8-17(18)25/h8-9,13,15H,6-7,11-12H2,1-5H3/b22-13-/t15-/m0/s1. The van der Waals surface area contributed by atoms with Gasteiger partial charge in [0, 0.05) is 39.8 Å². The van der Waals surface area contributed by atoms with Gasteiger partial charge in [-0.2, -0.15) is 5.26 Å². The lowest BCUT2D eigenvalue weighted by Crippen LogP contribution is -2.59. The second-order valence-corrected chi connectivity index (χ2v) is 8.24. The molecule has 0 spiro atoms. The first kappa shape index (κ1) is 19.8. The van der Waals surface area contributed by atoms with Crippen LogP contribution >= 0.6 is 0 Å². The summed E-state index contributed by atoms with van der Waals surface area (Å²) in [6.07, 6.45) is 1.36. The van der Waals surface area contributed by atoms with Gasteiger partial charge in [0.1, 0.15) is 24.0 Å². The van der Waals surface area contributed by atoms with Crippen molar-refractivity contribution in [2.24, 2.45) is 4.99 Å². The van der Waals surface area contributed by atoms with E-state index in [4.69, 9.17) is 9.47 Å². The minimum absolute atomic E-state index is 0.0245. The number of hydrogen-bond donors (Lipinski definition) is 0. The summed E-state index contributed by atoms with van der Waals surface area (Å²) in [5.41, 5.74) is 1.44. The van der Waals surface area contributed by atoms with Crippen molar-refractivity contribution in [2.45, 2.75) is 32.4 Å². The van der Waals surface area contributed by atoms with Gasteiger partial charge in [-0.05, 0) is 26.8 Å². The Morgan fingerprint density at radius 1 is 1.39 bits per heavy atom. The summed E-state index contributed by atoms with van der Waals surface area (Å²) < 4.78 is 11.4. The van der Waals surface area contributed by atoms with Crippen molar-refractivity contribution >= 4 is 23.8 Å². The highest BCUT2D eigenvalue weighted by molar-refractivity contribution is 5.75. The van der Waals surface area contributed by atoms with Crippen LogP contribution in [0.5, 0.6) is 5.75 Å². The molecule has 8 heteroatoms. The number of carbonyl (C=O) groups is 1. The van der Waals surface area contributed by atoms with Crippen LogP contribution in [0.1, 0.15) is 26.3 Å². The monoisotopic (exact) mass is 385 g/mol. The summed E-state index contributed by atoms with van der Waals surface area (Å²) in [6.45, 7) is 7.80. The summed E-state index contributed by atoms with van der Waals surface area (Å²) in [7, 11) is 3.75. The molecule has 2 aliphatic rings. The molecule has 1 saturated heterocycles. The largest absolute Gasteiger partial charge is 0.489 e. The number of benzene rings is 1. The summed E-state index contributed by atoms with van der Waals surface area (Å²) in [5.74, 6) is 0.715. The maximum atomic E-state index is 12.4. The van der Waals surface area contributed by atoms with E-state index in [9.17, 15) is 10.1 Å². The first-order valence-corrected chi connectivity index (χ1v) is 9.34. The number of ether oxygens (including phenoxy) is 2. The molecular weight excluding hydrogens is 358 g/mol. The fraction of sp³-hybridized carbons (Fsp3) is 0.550. The van der Waals surface area contributed by atoms with Crippen LogP contribution < -0.4 is 9.64 Å². The van der Waals surface area contributed by atoms with E-state index in [2.05, 4.69) is 16.0 Å². The highest BCUT2D eigenvalue weighted by Gasteiger charge is 2.36. The van der Waals surface area contributed by atoms with E-state index >= 15 is 0 Å². The molecule has 0 N–H and O–H groups in total. The molecule has 0 unspecified atom stereocenters. The Hall–Kier alpha value is -2.95. The number of rotatable bonds is 2. The lowest BCUT2D eigenvalue weighted by atomic mass is 10.1. The van der Waals surface area contributed by atoms with E-state index in [-0.39, 0.29) is 12.1 Å². The number of nitriles is 1. The predicted octanol–water partition coefficient (Wildman–Crippen LogP) is 2.60. The second-order valence-electron chi connectivity index (χ2n) is 8.24. The fourth-order valence-corrected chi connectivity index (χ4v) is 3.27. The highest BCUT2D eigenvalue weighted by atomic mass is 16.6. The molecule has 0 saturated carbocycles. The zero-order chi connectivity index (χ0) is 20.5. The Kier molecular flexibility index (Phi) is 5.36. The van der Waals surface area contributed by atoms with Crippen molar-refractivity contribution in [1.29, 1.82) is 5.26 Å². The third-order valence-corrected chi connectivity index (χ3v) is 4.50. The maximum absolute atomic E-state index is 12.4. The minimum Gasteiger partial charge on any atom is -0.489 e. The summed E-state index contributed by atoms with van der Waals surface area (Å²) in [6, 6.07) is 5.88. The highest BCUT2D eigenvalue weighted by Crippen LogP contribution is 2.40. The van der Waals surface area contributed by atoms with E-state index in [1.54, 1.807) is 11.2 Å². The Balaban J connectivity index is 1.80. The zero-order valence-electron chi connectivity index (χ0n) is 17.1. The molecule has 2 heterocycles. The van der Waals surface area contributed by atoms with Gasteiger partial charge in [-0.3, -0.25) is 0 Å². The van der Waals surface area contributed by atoms with Crippen molar-refractivity contribution in [1.82, 2.24) is 9.80 Å². The molecule has 1 aromatic carbocycles. The topological polar surface area (TPSA) is 81.4 Å². The van der Waals surface area contributed by atoms with E-state index in [1.165, 1.54) is 0 Å². The number of amides is 1. The molecule has 0 aliphatic carbocycles. The molecule has 1 aromatic rings. The third kappa shape index (κ3) is 4.30. The SMILES string of the molecule is CN(C)/C=N\c1cc2c(cc1C#N)N1CCN(C(=O)OC(C)(C)C)C[C@H]1CO2. The van der Waals surface area contributed by atoms with Gasteiger partial charge < -0.3 is 24.2 Å². The normalized spacial score (nSPS) is 18.8. The first-order valence-electron chi connectivity index (χ1n) is 9.34. The molecule has 1 fully saturated rings. The predicted molar refractivity (Wildman–Crippen MR) is 107 cm³/mol. The minimum atomic E-state index is -0.519. The molecular formula is C20H27N5O3. The summed E-state index contributed by atoms with van der Waals surface area (Å²) in [5, 5.41) is 9.54. The Morgan fingerprint density at radius 2 is 2.14 bits per heavy atom. The summed E-state index contributed by atoms with van der Waals surface area (Å²) in [4.78, 5) is 22.5. The fourth-order valence-electron chi connectivity index (χ4n) is 3.27. The Bertz CT molecular complexity index is 822. The van der Waals surface area contributed by atoms with E-state index in [0.717, 1.165) is 5.69 Å². The maximum Gasteiger partial charge on any atom is 0.410 e. The molecule has 3 rings (SSSR count). The van der Waals surface area contributed by atoms with Gasteiger partial charge in [-0.1, -0.05) is 0 Å². The molecule has 150 valence electrons. The smallest absolute Gasteiger partial charge is 0.410 e. The van der Waals surface area contributed by atoms with Crippen molar-refractivity contribution < 1.29 is 14.3 Å². The Labute approximate surface area is 165 Å². The van der Waals surface area contributed by atoms with Crippen LogP contribution in [0.4, 0.5) is 16.2 Å². The number of carbonyl (C=O) groups excluding carboxylic acids is 1. The van der Waals surface area contributed by atoms with Crippen LogP contribution in [-0.2, 0) is 4.74 Å². The number of hydrogen-bond acceptors (Lipinski definition) is 6. The number of aliphatic imine (C=N–C) groups is 1. The first-order chi connectivity index (χ1) is 13.2. The van der Waals surface area contributed by atoms with Crippen LogP contribution in [-0.4, -0.2) is 74.2 Å². The quantitative estimate of drug-likeness (QED) is 0.575. The van der Waals surface area contributed by atoms with Crippen LogP contribution in [0, 0.1) is 11.3 Å². The average molecular weight is 385 g/mol. The van der Waals surface area contributed by atoms with Crippen molar-refractivity contribution in [3.05, 3.63) is 17.7 Å². The molecule has 2 aliphatic heterocycles. The van der Waals surface area contributed by atoms with Crippen LogP contribution in [0.15, 0.2) is 17.1 Å². The van der Waals surface area contributed by atoms with Crippen LogP contribution in [0.25, 0.3) is 0 Å². The molecule has 0 bridgehead atoms. The zero-order valence-corrected chi connectivity index (χ0v) is 17.1. The molecule has 8 nitrogen and oxygen atoms in total. The molecule has 0 aromatic heterocycles.